The molecule has 0 atom stereocenters. The van der Waals surface area contributed by atoms with Crippen LogP contribution in [-0.2, 0) is 13.1 Å². The highest BCUT2D eigenvalue weighted by molar-refractivity contribution is 9.10. The standard InChI is InChI=1S/C12H13BrClN3O/c13-10-3-9(4-11(14)5-10)6-15-12-7-16-17(8-12)1-2-18/h3-5,7-8,15,18H,1-2,6H2. The number of aromatic nitrogens is 2. The summed E-state index contributed by atoms with van der Waals surface area (Å²) in [6.07, 6.45) is 3.59. The topological polar surface area (TPSA) is 50.1 Å². The van der Waals surface area contributed by atoms with Crippen LogP contribution in [0.2, 0.25) is 5.02 Å². The summed E-state index contributed by atoms with van der Waals surface area (Å²) in [4.78, 5) is 0. The Morgan fingerprint density at radius 2 is 2.22 bits per heavy atom. The Bertz CT molecular complexity index is 510. The number of hydrogen-bond donors (Lipinski definition) is 2. The fraction of sp³-hybridized carbons (Fsp3) is 0.250. The van der Waals surface area contributed by atoms with E-state index in [9.17, 15) is 0 Å². The van der Waals surface area contributed by atoms with E-state index in [0.717, 1.165) is 15.7 Å². The van der Waals surface area contributed by atoms with Crippen molar-refractivity contribution < 1.29 is 5.11 Å². The van der Waals surface area contributed by atoms with Crippen LogP contribution in [0.3, 0.4) is 0 Å². The molecule has 18 heavy (non-hydrogen) atoms. The van der Waals surface area contributed by atoms with E-state index in [-0.39, 0.29) is 6.61 Å². The third-order valence-electron chi connectivity index (χ3n) is 2.38. The zero-order chi connectivity index (χ0) is 13.0. The zero-order valence-electron chi connectivity index (χ0n) is 9.61. The summed E-state index contributed by atoms with van der Waals surface area (Å²) < 4.78 is 2.65. The molecule has 0 aliphatic carbocycles. The summed E-state index contributed by atoms with van der Waals surface area (Å²) >= 11 is 9.38. The third-order valence-corrected chi connectivity index (χ3v) is 3.06. The average molecular weight is 331 g/mol. The lowest BCUT2D eigenvalue weighted by molar-refractivity contribution is 0.269. The minimum Gasteiger partial charge on any atom is -0.394 e. The highest BCUT2D eigenvalue weighted by atomic mass is 79.9. The first-order valence-electron chi connectivity index (χ1n) is 5.49. The quantitative estimate of drug-likeness (QED) is 0.886. The monoisotopic (exact) mass is 329 g/mol. The molecule has 6 heteroatoms. The van der Waals surface area contributed by atoms with Gasteiger partial charge in [-0.3, -0.25) is 4.68 Å². The van der Waals surface area contributed by atoms with Crippen molar-refractivity contribution in [2.75, 3.05) is 11.9 Å². The average Bonchev–Trinajstić information content (AvgIpc) is 2.74. The molecule has 1 aromatic heterocycles. The van der Waals surface area contributed by atoms with Crippen molar-refractivity contribution in [3.63, 3.8) is 0 Å². The van der Waals surface area contributed by atoms with Gasteiger partial charge in [-0.1, -0.05) is 27.5 Å². The van der Waals surface area contributed by atoms with Crippen molar-refractivity contribution >= 4 is 33.2 Å². The summed E-state index contributed by atoms with van der Waals surface area (Å²) in [6.45, 7) is 1.26. The first-order chi connectivity index (χ1) is 8.67. The number of anilines is 1. The molecule has 0 aliphatic heterocycles. The van der Waals surface area contributed by atoms with Crippen molar-refractivity contribution in [3.8, 4) is 0 Å². The van der Waals surface area contributed by atoms with Crippen molar-refractivity contribution in [2.45, 2.75) is 13.1 Å². The Hall–Kier alpha value is -1.04. The van der Waals surface area contributed by atoms with Gasteiger partial charge in [0.2, 0.25) is 0 Å². The van der Waals surface area contributed by atoms with E-state index in [1.54, 1.807) is 10.9 Å². The number of aliphatic hydroxyl groups excluding tert-OH is 1. The van der Waals surface area contributed by atoms with E-state index in [1.165, 1.54) is 0 Å². The van der Waals surface area contributed by atoms with Crippen molar-refractivity contribution in [1.82, 2.24) is 9.78 Å². The van der Waals surface area contributed by atoms with Gasteiger partial charge in [0, 0.05) is 22.2 Å². The van der Waals surface area contributed by atoms with Gasteiger partial charge in [0.15, 0.2) is 0 Å². The smallest absolute Gasteiger partial charge is 0.0729 e. The molecule has 0 spiro atoms. The van der Waals surface area contributed by atoms with E-state index < -0.39 is 0 Å². The number of nitrogens with zero attached hydrogens (tertiary/aromatic N) is 2. The molecule has 1 aromatic carbocycles. The number of halogens is 2. The molecule has 4 nitrogen and oxygen atoms in total. The lowest BCUT2D eigenvalue weighted by Gasteiger charge is -2.05. The zero-order valence-corrected chi connectivity index (χ0v) is 11.9. The van der Waals surface area contributed by atoms with Crippen molar-refractivity contribution in [2.24, 2.45) is 0 Å². The van der Waals surface area contributed by atoms with Crippen molar-refractivity contribution in [3.05, 3.63) is 45.7 Å². The molecule has 0 radical (unpaired) electrons. The Balaban J connectivity index is 1.97. The molecule has 0 fully saturated rings. The molecule has 0 amide bonds. The Labute approximate surface area is 119 Å². The maximum atomic E-state index is 8.80. The molecule has 0 unspecified atom stereocenters. The van der Waals surface area contributed by atoms with Crippen LogP contribution < -0.4 is 5.32 Å². The largest absolute Gasteiger partial charge is 0.394 e. The predicted molar refractivity (Wildman–Crippen MR) is 75.8 cm³/mol. The molecule has 96 valence electrons. The van der Waals surface area contributed by atoms with Crippen LogP contribution in [0.1, 0.15) is 5.56 Å². The second-order valence-electron chi connectivity index (χ2n) is 3.85. The van der Waals surface area contributed by atoms with Crippen LogP contribution >= 0.6 is 27.5 Å². The summed E-state index contributed by atoms with van der Waals surface area (Å²) in [5.41, 5.74) is 2.00. The highest BCUT2D eigenvalue weighted by Gasteiger charge is 2.00. The van der Waals surface area contributed by atoms with E-state index in [4.69, 9.17) is 16.7 Å². The molecule has 0 saturated carbocycles. The van der Waals surface area contributed by atoms with Gasteiger partial charge in [0.1, 0.15) is 0 Å². The normalized spacial score (nSPS) is 10.6. The van der Waals surface area contributed by atoms with Crippen molar-refractivity contribution in [1.29, 1.82) is 0 Å². The molecule has 1 heterocycles. The van der Waals surface area contributed by atoms with Gasteiger partial charge >= 0.3 is 0 Å². The first-order valence-corrected chi connectivity index (χ1v) is 6.66. The van der Waals surface area contributed by atoms with Crippen LogP contribution in [0.4, 0.5) is 5.69 Å². The van der Waals surface area contributed by atoms with E-state index in [0.29, 0.717) is 18.1 Å². The Morgan fingerprint density at radius 3 is 2.94 bits per heavy atom. The van der Waals surface area contributed by atoms with Crippen LogP contribution in [0.25, 0.3) is 0 Å². The maximum absolute atomic E-state index is 8.80. The number of rotatable bonds is 5. The summed E-state index contributed by atoms with van der Waals surface area (Å²) in [5, 5.41) is 16.9. The van der Waals surface area contributed by atoms with E-state index in [1.807, 2.05) is 24.4 Å². The molecular formula is C12H13BrClN3O. The second-order valence-corrected chi connectivity index (χ2v) is 5.20. The molecule has 2 rings (SSSR count). The van der Waals surface area contributed by atoms with Gasteiger partial charge in [0.05, 0.1) is 25.0 Å². The van der Waals surface area contributed by atoms with Crippen LogP contribution in [-0.4, -0.2) is 21.5 Å². The number of benzene rings is 1. The van der Waals surface area contributed by atoms with Gasteiger partial charge in [-0.2, -0.15) is 5.10 Å². The molecule has 0 aliphatic rings. The number of nitrogens with one attached hydrogen (secondary N) is 1. The van der Waals surface area contributed by atoms with Gasteiger partial charge in [-0.15, -0.1) is 0 Å². The molecular weight excluding hydrogens is 318 g/mol. The highest BCUT2D eigenvalue weighted by Crippen LogP contribution is 2.20. The Kier molecular flexibility index (Phi) is 4.63. The van der Waals surface area contributed by atoms with E-state index in [2.05, 4.69) is 26.3 Å². The van der Waals surface area contributed by atoms with Gasteiger partial charge in [-0.25, -0.2) is 0 Å². The summed E-state index contributed by atoms with van der Waals surface area (Å²) in [6, 6.07) is 5.78. The van der Waals surface area contributed by atoms with Gasteiger partial charge < -0.3 is 10.4 Å². The minimum atomic E-state index is 0.0857. The second kappa shape index (κ2) is 6.22. The number of hydrogen-bond acceptors (Lipinski definition) is 3. The SMILES string of the molecule is OCCn1cc(NCc2cc(Cl)cc(Br)c2)cn1. The summed E-state index contributed by atoms with van der Waals surface area (Å²) in [5.74, 6) is 0. The minimum absolute atomic E-state index is 0.0857. The molecule has 2 aromatic rings. The lowest BCUT2D eigenvalue weighted by atomic mass is 10.2. The van der Waals surface area contributed by atoms with Crippen LogP contribution in [0, 0.1) is 0 Å². The van der Waals surface area contributed by atoms with Gasteiger partial charge in [-0.05, 0) is 23.8 Å². The fourth-order valence-electron chi connectivity index (χ4n) is 1.60. The molecule has 0 saturated heterocycles. The Morgan fingerprint density at radius 1 is 1.39 bits per heavy atom. The third kappa shape index (κ3) is 3.73. The maximum Gasteiger partial charge on any atom is 0.0729 e. The predicted octanol–water partition coefficient (Wildman–Crippen LogP) is 2.90. The molecule has 2 N–H and O–H groups in total. The van der Waals surface area contributed by atoms with Gasteiger partial charge in [0.25, 0.3) is 0 Å². The van der Waals surface area contributed by atoms with Crippen LogP contribution in [0.5, 0.6) is 0 Å². The first kappa shape index (κ1) is 13.4. The lowest BCUT2D eigenvalue weighted by Crippen LogP contribution is -2.02. The van der Waals surface area contributed by atoms with Crippen LogP contribution in [0.15, 0.2) is 35.1 Å². The fourth-order valence-corrected chi connectivity index (χ4v) is 2.53. The molecule has 0 bridgehead atoms. The summed E-state index contributed by atoms with van der Waals surface area (Å²) in [7, 11) is 0. The number of aliphatic hydroxyl groups is 1. The van der Waals surface area contributed by atoms with E-state index >= 15 is 0 Å².